The van der Waals surface area contributed by atoms with E-state index in [9.17, 15) is 13.2 Å². The lowest BCUT2D eigenvalue weighted by Gasteiger charge is -2.13. The van der Waals surface area contributed by atoms with Gasteiger partial charge in [0.1, 0.15) is 11.2 Å². The lowest BCUT2D eigenvalue weighted by molar-refractivity contribution is 0.0946. The molecule has 8 heteroatoms. The fourth-order valence-corrected chi connectivity index (χ4v) is 2.64. The fraction of sp³-hybridized carbons (Fsp3) is 0.133. The van der Waals surface area contributed by atoms with Crippen LogP contribution >= 0.6 is 0 Å². The van der Waals surface area contributed by atoms with Crippen LogP contribution in [0.15, 0.2) is 46.9 Å². The smallest absolute Gasteiger partial charge is 0.295 e. The molecule has 0 bridgehead atoms. The van der Waals surface area contributed by atoms with E-state index >= 15 is 0 Å². The monoisotopic (exact) mass is 333 g/mol. The number of hydrogen-bond donors (Lipinski definition) is 2. The quantitative estimate of drug-likeness (QED) is 0.710. The number of fused-ring (bicyclic) bond motifs is 3. The van der Waals surface area contributed by atoms with Crippen molar-refractivity contribution in [1.82, 2.24) is 14.6 Å². The summed E-state index contributed by atoms with van der Waals surface area (Å²) >= 11 is 0. The standard InChI is InChI=1S/C15H15N3O4S/c1-18(2)23(20,21)17-16-15(19)11-7-5-9-13-14(11)10-6-3-4-8-12(10)22-13/h3-9,17H,1-2H3,(H,16,19). The molecule has 2 aromatic carbocycles. The number of hydrazine groups is 1. The second-order valence-corrected chi connectivity index (χ2v) is 7.01. The summed E-state index contributed by atoms with van der Waals surface area (Å²) < 4.78 is 30.0. The van der Waals surface area contributed by atoms with Gasteiger partial charge < -0.3 is 4.42 Å². The van der Waals surface area contributed by atoms with Crippen molar-refractivity contribution in [3.63, 3.8) is 0 Å². The maximum absolute atomic E-state index is 12.4. The summed E-state index contributed by atoms with van der Waals surface area (Å²) in [6.45, 7) is 0. The normalized spacial score (nSPS) is 12.1. The van der Waals surface area contributed by atoms with Gasteiger partial charge >= 0.3 is 0 Å². The molecule has 120 valence electrons. The summed E-state index contributed by atoms with van der Waals surface area (Å²) in [6.07, 6.45) is 0. The van der Waals surface area contributed by atoms with Crippen LogP contribution in [0.4, 0.5) is 0 Å². The van der Waals surface area contributed by atoms with E-state index in [2.05, 4.69) is 5.43 Å². The van der Waals surface area contributed by atoms with Crippen LogP contribution in [-0.4, -0.2) is 32.7 Å². The van der Waals surface area contributed by atoms with Gasteiger partial charge in [-0.05, 0) is 18.2 Å². The zero-order valence-electron chi connectivity index (χ0n) is 12.5. The Bertz CT molecular complexity index is 992. The van der Waals surface area contributed by atoms with Crippen LogP contribution in [0.5, 0.6) is 0 Å². The summed E-state index contributed by atoms with van der Waals surface area (Å²) in [7, 11) is -1.04. The summed E-state index contributed by atoms with van der Waals surface area (Å²) in [6, 6.07) is 12.4. The van der Waals surface area contributed by atoms with Gasteiger partial charge in [0.2, 0.25) is 0 Å². The molecule has 3 rings (SSSR count). The molecule has 23 heavy (non-hydrogen) atoms. The van der Waals surface area contributed by atoms with Crippen LogP contribution in [0.3, 0.4) is 0 Å². The molecule has 1 amide bonds. The van der Waals surface area contributed by atoms with Crippen molar-refractivity contribution in [3.05, 3.63) is 48.0 Å². The number of para-hydroxylation sites is 1. The number of rotatable bonds is 4. The van der Waals surface area contributed by atoms with E-state index in [1.165, 1.54) is 14.1 Å². The molecule has 0 saturated heterocycles. The predicted octanol–water partition coefficient (Wildman–Crippen LogP) is 1.63. The number of amides is 1. The molecule has 2 N–H and O–H groups in total. The van der Waals surface area contributed by atoms with E-state index in [4.69, 9.17) is 4.42 Å². The second kappa shape index (κ2) is 5.65. The van der Waals surface area contributed by atoms with E-state index < -0.39 is 16.1 Å². The molecule has 1 heterocycles. The summed E-state index contributed by atoms with van der Waals surface area (Å²) in [4.78, 5) is 14.4. The number of carbonyl (C=O) groups excluding carboxylic acids is 1. The number of hydrogen-bond acceptors (Lipinski definition) is 4. The molecular formula is C15H15N3O4S. The fourth-order valence-electron chi connectivity index (χ4n) is 2.23. The average Bonchev–Trinajstić information content (AvgIpc) is 2.91. The Labute approximate surface area is 133 Å². The molecule has 0 spiro atoms. The highest BCUT2D eigenvalue weighted by Crippen LogP contribution is 2.30. The predicted molar refractivity (Wildman–Crippen MR) is 86.9 cm³/mol. The SMILES string of the molecule is CN(C)S(=O)(=O)NNC(=O)c1cccc2oc3ccccc3c12. The molecule has 0 aliphatic heterocycles. The minimum absolute atomic E-state index is 0.328. The third-order valence-electron chi connectivity index (χ3n) is 3.42. The van der Waals surface area contributed by atoms with Crippen molar-refractivity contribution in [2.24, 2.45) is 0 Å². The first kappa shape index (κ1) is 15.5. The van der Waals surface area contributed by atoms with Gasteiger partial charge in [0.05, 0.1) is 5.56 Å². The van der Waals surface area contributed by atoms with E-state index in [0.29, 0.717) is 22.1 Å². The Morgan fingerprint density at radius 1 is 1.04 bits per heavy atom. The van der Waals surface area contributed by atoms with Crippen LogP contribution in [0.1, 0.15) is 10.4 Å². The summed E-state index contributed by atoms with van der Waals surface area (Å²) in [5, 5.41) is 1.44. The Balaban J connectivity index is 2.01. The van der Waals surface area contributed by atoms with Crippen molar-refractivity contribution in [2.45, 2.75) is 0 Å². The van der Waals surface area contributed by atoms with E-state index in [0.717, 1.165) is 9.69 Å². The molecule has 0 aliphatic carbocycles. The van der Waals surface area contributed by atoms with E-state index in [1.807, 2.05) is 29.1 Å². The van der Waals surface area contributed by atoms with Gasteiger partial charge in [-0.3, -0.25) is 10.2 Å². The zero-order valence-corrected chi connectivity index (χ0v) is 13.3. The van der Waals surface area contributed by atoms with Crippen molar-refractivity contribution in [3.8, 4) is 0 Å². The zero-order chi connectivity index (χ0) is 16.6. The molecular weight excluding hydrogens is 318 g/mol. The maximum atomic E-state index is 12.4. The molecule has 0 unspecified atom stereocenters. The Morgan fingerprint density at radius 2 is 1.74 bits per heavy atom. The summed E-state index contributed by atoms with van der Waals surface area (Å²) in [5.74, 6) is -0.562. The molecule has 0 radical (unpaired) electrons. The first-order chi connectivity index (χ1) is 10.9. The van der Waals surface area contributed by atoms with Crippen LogP contribution in [-0.2, 0) is 10.2 Å². The average molecular weight is 333 g/mol. The third kappa shape index (κ3) is 2.79. The number of nitrogens with zero attached hydrogens (tertiary/aromatic N) is 1. The van der Waals surface area contributed by atoms with E-state index in [-0.39, 0.29) is 0 Å². The minimum atomic E-state index is -3.76. The van der Waals surface area contributed by atoms with Gasteiger partial charge in [0, 0.05) is 24.9 Å². The van der Waals surface area contributed by atoms with Gasteiger partial charge in [0.15, 0.2) is 0 Å². The molecule has 7 nitrogen and oxygen atoms in total. The van der Waals surface area contributed by atoms with Crippen molar-refractivity contribution in [1.29, 1.82) is 0 Å². The minimum Gasteiger partial charge on any atom is -0.456 e. The topological polar surface area (TPSA) is 91.7 Å². The first-order valence-electron chi connectivity index (χ1n) is 6.80. The molecule has 1 aromatic heterocycles. The molecule has 3 aromatic rings. The van der Waals surface area contributed by atoms with Crippen LogP contribution in [0.2, 0.25) is 0 Å². The Kier molecular flexibility index (Phi) is 3.80. The lowest BCUT2D eigenvalue weighted by atomic mass is 10.1. The Hall–Kier alpha value is -2.42. The molecule has 0 saturated carbocycles. The lowest BCUT2D eigenvalue weighted by Crippen LogP contribution is -2.46. The summed E-state index contributed by atoms with van der Waals surface area (Å²) in [5.41, 5.74) is 3.76. The largest absolute Gasteiger partial charge is 0.456 e. The highest BCUT2D eigenvalue weighted by atomic mass is 32.2. The van der Waals surface area contributed by atoms with Gasteiger partial charge in [-0.25, -0.2) is 0 Å². The third-order valence-corrected chi connectivity index (χ3v) is 4.74. The highest BCUT2D eigenvalue weighted by Gasteiger charge is 2.18. The van der Waals surface area contributed by atoms with Crippen molar-refractivity contribution >= 4 is 38.1 Å². The number of carbonyl (C=O) groups is 1. The number of nitrogens with one attached hydrogen (secondary N) is 2. The first-order valence-corrected chi connectivity index (χ1v) is 8.24. The highest BCUT2D eigenvalue weighted by molar-refractivity contribution is 7.87. The van der Waals surface area contributed by atoms with Gasteiger partial charge in [-0.1, -0.05) is 24.3 Å². The van der Waals surface area contributed by atoms with Gasteiger partial charge in [0.25, 0.3) is 16.1 Å². The molecule has 0 fully saturated rings. The molecule has 0 atom stereocenters. The van der Waals surface area contributed by atoms with E-state index in [1.54, 1.807) is 18.2 Å². The van der Waals surface area contributed by atoms with Crippen molar-refractivity contribution < 1.29 is 17.6 Å². The van der Waals surface area contributed by atoms with Crippen LogP contribution < -0.4 is 10.3 Å². The molecule has 0 aliphatic rings. The van der Waals surface area contributed by atoms with Crippen molar-refractivity contribution in [2.75, 3.05) is 14.1 Å². The van der Waals surface area contributed by atoms with Gasteiger partial charge in [-0.15, -0.1) is 4.83 Å². The maximum Gasteiger partial charge on any atom is 0.295 e. The number of benzene rings is 2. The second-order valence-electron chi connectivity index (χ2n) is 5.12. The van der Waals surface area contributed by atoms with Gasteiger partial charge in [-0.2, -0.15) is 12.7 Å². The van der Waals surface area contributed by atoms with Crippen LogP contribution in [0, 0.1) is 0 Å². The van der Waals surface area contributed by atoms with Crippen LogP contribution in [0.25, 0.3) is 21.9 Å². The Morgan fingerprint density at radius 3 is 2.48 bits per heavy atom. The number of furan rings is 1.